The monoisotopic (exact) mass is 1120 g/mol. The normalized spacial score (nSPS) is 14.3. The molecule has 0 aliphatic rings. The molecule has 77 heavy (non-hydrogen) atoms. The van der Waals surface area contributed by atoms with Crippen LogP contribution >= 0.6 is 12.6 Å². The lowest BCUT2D eigenvalue weighted by Crippen LogP contribution is -2.61. The number of carboxylic acid groups (broad SMARTS) is 6. The molecule has 0 aliphatic heterocycles. The second-order valence-electron chi connectivity index (χ2n) is 17.0. The largest absolute Gasteiger partial charge is 0.508 e. The molecule has 21 N–H and O–H groups in total. The molecule has 0 unspecified atom stereocenters. The number of thiol groups is 1. The number of unbranched alkanes of at least 4 members (excludes halogenated alkanes) is 2. The predicted octanol–water partition coefficient (Wildman–Crippen LogP) is -6.21. The Hall–Kier alpha value is -8.17. The van der Waals surface area contributed by atoms with Crippen molar-refractivity contribution in [2.45, 2.75) is 131 Å². The summed E-state index contributed by atoms with van der Waals surface area (Å²) in [7, 11) is 0. The van der Waals surface area contributed by atoms with Gasteiger partial charge in [-0.1, -0.05) is 12.1 Å². The first-order chi connectivity index (χ1) is 36.1. The average molecular weight is 1120 g/mol. The molecule has 1 aromatic rings. The molecule has 0 saturated carbocycles. The molecule has 0 radical (unpaired) electrons. The van der Waals surface area contributed by atoms with E-state index in [2.05, 4.69) is 39.2 Å². The molecule has 33 heteroatoms. The number of rotatable bonds is 38. The van der Waals surface area contributed by atoms with Gasteiger partial charge in [0.05, 0.1) is 38.1 Å². The highest BCUT2D eigenvalue weighted by atomic mass is 32.1. The van der Waals surface area contributed by atoms with Crippen LogP contribution in [0.25, 0.3) is 0 Å². The van der Waals surface area contributed by atoms with Crippen LogP contribution in [0.15, 0.2) is 24.3 Å². The first kappa shape index (κ1) is 66.8. The van der Waals surface area contributed by atoms with Crippen molar-refractivity contribution in [3.63, 3.8) is 0 Å². The van der Waals surface area contributed by atoms with Crippen molar-refractivity contribution >= 4 is 95.7 Å². The minimum Gasteiger partial charge on any atom is -0.508 e. The van der Waals surface area contributed by atoms with Crippen LogP contribution in [0.2, 0.25) is 0 Å². The lowest BCUT2D eigenvalue weighted by atomic mass is 10.0. The summed E-state index contributed by atoms with van der Waals surface area (Å²) in [5, 5.41) is 83.6. The molecular weight excluding hydrogens is 1050 g/mol. The van der Waals surface area contributed by atoms with E-state index in [0.29, 0.717) is 12.0 Å². The van der Waals surface area contributed by atoms with E-state index in [1.54, 1.807) is 0 Å². The maximum absolute atomic E-state index is 13.9. The van der Waals surface area contributed by atoms with Crippen molar-refractivity contribution in [2.24, 2.45) is 17.2 Å². The van der Waals surface area contributed by atoms with Gasteiger partial charge in [-0.3, -0.25) is 62.3 Å². The van der Waals surface area contributed by atoms with Gasteiger partial charge in [0.15, 0.2) is 0 Å². The Kier molecular flexibility index (Phi) is 29.9. The summed E-state index contributed by atoms with van der Waals surface area (Å²) in [6, 6.07) is -11.7. The maximum Gasteiger partial charge on any atom is 0.327 e. The van der Waals surface area contributed by atoms with Gasteiger partial charge in [-0.15, -0.1) is 0 Å². The number of benzene rings is 1. The fourth-order valence-electron chi connectivity index (χ4n) is 6.79. The van der Waals surface area contributed by atoms with Crippen LogP contribution in [-0.2, 0) is 73.5 Å². The Balaban J connectivity index is 3.54. The molecule has 0 saturated heterocycles. The minimum absolute atomic E-state index is 0.0825. The van der Waals surface area contributed by atoms with Gasteiger partial charge < -0.3 is 95.5 Å². The molecule has 0 heterocycles. The van der Waals surface area contributed by atoms with Crippen LogP contribution in [0.4, 0.5) is 0 Å². The number of hydrogen-bond donors (Lipinski definition) is 19. The predicted molar refractivity (Wildman–Crippen MR) is 264 cm³/mol. The number of aromatic hydroxyl groups is 1. The first-order valence-electron chi connectivity index (χ1n) is 23.4. The number of nitrogens with one attached hydrogen (secondary N) is 8. The van der Waals surface area contributed by atoms with Crippen LogP contribution in [0.1, 0.15) is 76.2 Å². The van der Waals surface area contributed by atoms with Crippen molar-refractivity contribution in [3.8, 4) is 5.75 Å². The van der Waals surface area contributed by atoms with Crippen molar-refractivity contribution < 1.29 is 103 Å². The Morgan fingerprint density at radius 2 is 0.688 bits per heavy atom. The zero-order valence-electron chi connectivity index (χ0n) is 41.1. The zero-order chi connectivity index (χ0) is 58.5. The van der Waals surface area contributed by atoms with Gasteiger partial charge in [0.2, 0.25) is 47.3 Å². The number of carbonyl (C=O) groups excluding carboxylic acids is 8. The quantitative estimate of drug-likeness (QED) is 0.0216. The number of hydrogen-bond acceptors (Lipinski definition) is 19. The van der Waals surface area contributed by atoms with Gasteiger partial charge in [0.25, 0.3) is 0 Å². The van der Waals surface area contributed by atoms with E-state index in [9.17, 15) is 97.8 Å². The Bertz CT molecular complexity index is 2290. The minimum atomic E-state index is -2.31. The summed E-state index contributed by atoms with van der Waals surface area (Å²) >= 11 is 3.86. The third kappa shape index (κ3) is 26.2. The van der Waals surface area contributed by atoms with E-state index in [4.69, 9.17) is 22.3 Å². The van der Waals surface area contributed by atoms with E-state index in [1.807, 2.05) is 16.0 Å². The maximum atomic E-state index is 13.9. The highest BCUT2D eigenvalue weighted by Crippen LogP contribution is 2.13. The second kappa shape index (κ2) is 34.4. The van der Waals surface area contributed by atoms with Gasteiger partial charge in [-0.2, -0.15) is 12.6 Å². The number of phenolic OH excluding ortho intramolecular Hbond substituents is 1. The number of phenols is 1. The summed E-state index contributed by atoms with van der Waals surface area (Å²) in [6.07, 6.45) is -5.99. The lowest BCUT2D eigenvalue weighted by Gasteiger charge is -2.27. The SMILES string of the molecule is NCCCC[C@H](NC(=O)[C@H](CC(=O)O)NC(=O)[C@H](CC(=O)O)NC(=O)[C@H](CC(=O)O)NC(=O)[C@H](CC(=O)O)NC(=O)[C@H](CCCCN)NC(=O)[C@H](Cc1ccc(O)cc1)NC(=O)[C@@H](N)CC(=O)O)C(=O)N[C@@H](CS)C(=O)O. The average Bonchev–Trinajstić information content (AvgIpc) is 3.33. The molecule has 9 atom stereocenters. The van der Waals surface area contributed by atoms with E-state index < -0.39 is 170 Å². The molecule has 0 spiro atoms. The van der Waals surface area contributed by atoms with Gasteiger partial charge in [0.1, 0.15) is 54.1 Å². The topological polar surface area (TPSA) is 555 Å². The smallest absolute Gasteiger partial charge is 0.327 e. The fraction of sp³-hybridized carbons (Fsp3) is 0.545. The van der Waals surface area contributed by atoms with Gasteiger partial charge >= 0.3 is 35.8 Å². The van der Waals surface area contributed by atoms with E-state index in [-0.39, 0.29) is 63.1 Å². The third-order valence-corrected chi connectivity index (χ3v) is 11.1. The molecule has 1 aromatic carbocycles. The van der Waals surface area contributed by atoms with Gasteiger partial charge in [-0.25, -0.2) is 4.79 Å². The number of aliphatic carboxylic acids is 6. The number of amides is 8. The summed E-state index contributed by atoms with van der Waals surface area (Å²) in [4.78, 5) is 179. The number of nitrogens with two attached hydrogens (primary N) is 3. The molecule has 428 valence electrons. The van der Waals surface area contributed by atoms with Crippen LogP contribution in [-0.4, -0.2) is 192 Å². The van der Waals surface area contributed by atoms with Crippen molar-refractivity contribution in [1.82, 2.24) is 42.5 Å². The fourth-order valence-corrected chi connectivity index (χ4v) is 7.03. The zero-order valence-corrected chi connectivity index (χ0v) is 42.0. The number of carbonyl (C=O) groups is 14. The standard InChI is InChI=1S/C44H65N11O21S/c45-11-3-1-5-23(48-39(70)25(13-20-7-9-21(56)10-8-20)50-36(67)22(47)14-31(57)58)37(68)51-27(16-33(61)62)41(72)53-29(18-35(65)66)43(74)54-28(17-34(63)64)42(73)52-26(15-32(59)60)40(71)49-24(6-2-4-12-46)38(69)55-30(19-77)44(75)76/h7-10,22-30,56,77H,1-6,11-19,45-47H2,(H,48,70)(H,49,71)(H,50,67)(H,51,68)(H,52,73)(H,53,72)(H,54,74)(H,55,69)(H,57,58)(H,59,60)(H,61,62)(H,63,64)(H,65,66)(H,75,76)/t22-,23-,24-,25-,26-,27-,28-,29-,30-/m0/s1. The summed E-state index contributed by atoms with van der Waals surface area (Å²) in [5.41, 5.74) is 17.1. The van der Waals surface area contributed by atoms with Crippen LogP contribution < -0.4 is 59.7 Å². The summed E-state index contributed by atoms with van der Waals surface area (Å²) in [5.74, 6) is -21.3. The second-order valence-corrected chi connectivity index (χ2v) is 17.4. The third-order valence-electron chi connectivity index (χ3n) is 10.7. The van der Waals surface area contributed by atoms with E-state index in [0.717, 1.165) is 0 Å². The Labute approximate surface area is 443 Å². The van der Waals surface area contributed by atoms with Crippen LogP contribution in [0, 0.1) is 0 Å². The molecular formula is C44H65N11O21S. The Morgan fingerprint density at radius 3 is 0.987 bits per heavy atom. The highest BCUT2D eigenvalue weighted by Gasteiger charge is 2.37. The van der Waals surface area contributed by atoms with Crippen molar-refractivity contribution in [2.75, 3.05) is 18.8 Å². The van der Waals surface area contributed by atoms with E-state index >= 15 is 0 Å². The van der Waals surface area contributed by atoms with Gasteiger partial charge in [-0.05, 0) is 69.3 Å². The summed E-state index contributed by atoms with van der Waals surface area (Å²) in [6.45, 7) is 0.214. The summed E-state index contributed by atoms with van der Waals surface area (Å²) < 4.78 is 0. The van der Waals surface area contributed by atoms with Crippen molar-refractivity contribution in [3.05, 3.63) is 29.8 Å². The molecule has 0 fully saturated rings. The van der Waals surface area contributed by atoms with Crippen molar-refractivity contribution in [1.29, 1.82) is 0 Å². The first-order valence-corrected chi connectivity index (χ1v) is 24.0. The molecule has 32 nitrogen and oxygen atoms in total. The Morgan fingerprint density at radius 1 is 0.403 bits per heavy atom. The molecule has 0 aromatic heterocycles. The molecule has 1 rings (SSSR count). The lowest BCUT2D eigenvalue weighted by molar-refractivity contribution is -0.145. The van der Waals surface area contributed by atoms with Crippen LogP contribution in [0.5, 0.6) is 5.75 Å². The van der Waals surface area contributed by atoms with E-state index in [1.165, 1.54) is 24.3 Å². The molecule has 0 bridgehead atoms. The van der Waals surface area contributed by atoms with Crippen LogP contribution in [0.3, 0.4) is 0 Å². The van der Waals surface area contributed by atoms with Gasteiger partial charge in [0, 0.05) is 12.2 Å². The molecule has 0 aliphatic carbocycles. The highest BCUT2D eigenvalue weighted by molar-refractivity contribution is 7.80. The number of carboxylic acids is 6. The molecule has 8 amide bonds.